The molecular weight excluding hydrogens is 434 g/mol. The summed E-state index contributed by atoms with van der Waals surface area (Å²) in [7, 11) is -3.24. The molecule has 6 nitrogen and oxygen atoms in total. The molecule has 1 fully saturated rings. The van der Waals surface area contributed by atoms with Crippen LogP contribution >= 0.6 is 0 Å². The van der Waals surface area contributed by atoms with E-state index in [4.69, 9.17) is 5.73 Å². The van der Waals surface area contributed by atoms with Crippen molar-refractivity contribution in [3.8, 4) is 0 Å². The molecule has 1 saturated heterocycles. The number of sulfone groups is 1. The van der Waals surface area contributed by atoms with Gasteiger partial charge in [0.05, 0.1) is 10.8 Å². The van der Waals surface area contributed by atoms with Gasteiger partial charge < -0.3 is 16.0 Å². The first-order valence-electron chi connectivity index (χ1n) is 11.8. The fourth-order valence-electron chi connectivity index (χ4n) is 4.66. The molecule has 3 unspecified atom stereocenters. The summed E-state index contributed by atoms with van der Waals surface area (Å²) in [4.78, 5) is 15.7. The lowest BCUT2D eigenvalue weighted by atomic mass is 9.94. The van der Waals surface area contributed by atoms with Crippen molar-refractivity contribution in [1.29, 1.82) is 0 Å². The van der Waals surface area contributed by atoms with Crippen molar-refractivity contribution in [2.75, 3.05) is 19.3 Å². The molecule has 1 amide bonds. The molecule has 33 heavy (non-hydrogen) atoms. The molecule has 3 rings (SSSR count). The van der Waals surface area contributed by atoms with Gasteiger partial charge in [0.1, 0.15) is 0 Å². The second-order valence-corrected chi connectivity index (χ2v) is 11.2. The van der Waals surface area contributed by atoms with Gasteiger partial charge in [-0.15, -0.1) is 0 Å². The predicted octanol–water partition coefficient (Wildman–Crippen LogP) is 3.64. The lowest BCUT2D eigenvalue weighted by Gasteiger charge is -2.37. The predicted molar refractivity (Wildman–Crippen MR) is 133 cm³/mol. The number of amides is 1. The molecule has 0 radical (unpaired) electrons. The zero-order chi connectivity index (χ0) is 24.0. The Morgan fingerprint density at radius 2 is 1.67 bits per heavy atom. The second kappa shape index (κ2) is 11.3. The summed E-state index contributed by atoms with van der Waals surface area (Å²) < 4.78 is 23.4. The average molecular weight is 472 g/mol. The van der Waals surface area contributed by atoms with Gasteiger partial charge in [-0.3, -0.25) is 4.79 Å². The number of hydrogen-bond acceptors (Lipinski definition) is 5. The Labute approximate surface area is 198 Å². The Morgan fingerprint density at radius 1 is 1.06 bits per heavy atom. The highest BCUT2D eigenvalue weighted by Crippen LogP contribution is 2.24. The van der Waals surface area contributed by atoms with Crippen LogP contribution in [0.3, 0.4) is 0 Å². The summed E-state index contributed by atoms with van der Waals surface area (Å²) in [5.41, 5.74) is 8.43. The molecule has 0 saturated carbocycles. The first-order valence-corrected chi connectivity index (χ1v) is 13.7. The molecule has 1 aliphatic heterocycles. The second-order valence-electron chi connectivity index (χ2n) is 9.22. The Kier molecular flexibility index (Phi) is 8.68. The Balaban J connectivity index is 1.50. The van der Waals surface area contributed by atoms with Crippen molar-refractivity contribution >= 4 is 15.7 Å². The van der Waals surface area contributed by atoms with E-state index in [-0.39, 0.29) is 28.8 Å². The summed E-state index contributed by atoms with van der Waals surface area (Å²) >= 11 is 0. The van der Waals surface area contributed by atoms with Crippen molar-refractivity contribution in [3.63, 3.8) is 0 Å². The van der Waals surface area contributed by atoms with Gasteiger partial charge in [0, 0.05) is 37.5 Å². The van der Waals surface area contributed by atoms with E-state index in [1.807, 2.05) is 25.1 Å². The average Bonchev–Trinajstić information content (AvgIpc) is 2.80. The molecule has 0 aliphatic carbocycles. The summed E-state index contributed by atoms with van der Waals surface area (Å²) in [6, 6.07) is 17.5. The summed E-state index contributed by atoms with van der Waals surface area (Å²) in [5, 5.41) is 3.23. The molecule has 3 atom stereocenters. The van der Waals surface area contributed by atoms with Gasteiger partial charge in [0.15, 0.2) is 9.84 Å². The number of piperidine rings is 1. The van der Waals surface area contributed by atoms with Crippen LogP contribution in [0.4, 0.5) is 0 Å². The highest BCUT2D eigenvalue weighted by Gasteiger charge is 2.27. The normalized spacial score (nSPS) is 18.4. The maximum atomic E-state index is 13.0. The van der Waals surface area contributed by atoms with E-state index in [9.17, 15) is 13.2 Å². The number of rotatable bonds is 9. The molecule has 180 valence electrons. The quantitative estimate of drug-likeness (QED) is 0.582. The lowest BCUT2D eigenvalue weighted by Crippen LogP contribution is -2.48. The van der Waals surface area contributed by atoms with Gasteiger partial charge >= 0.3 is 0 Å². The number of hydrogen-bond donors (Lipinski definition) is 2. The number of carbonyl (C=O) groups is 1. The number of nitrogens with two attached hydrogens (primary N) is 1. The largest absolute Gasteiger partial charge is 0.353 e. The van der Waals surface area contributed by atoms with E-state index in [0.717, 1.165) is 37.9 Å². The maximum Gasteiger partial charge on any atom is 0.227 e. The molecule has 0 spiro atoms. The third-order valence-corrected chi connectivity index (χ3v) is 7.89. The minimum Gasteiger partial charge on any atom is -0.353 e. The summed E-state index contributed by atoms with van der Waals surface area (Å²) in [6.45, 7) is 6.09. The third-order valence-electron chi connectivity index (χ3n) is 6.76. The van der Waals surface area contributed by atoms with Crippen molar-refractivity contribution in [2.45, 2.75) is 68.5 Å². The first-order chi connectivity index (χ1) is 15.7. The van der Waals surface area contributed by atoms with E-state index in [1.165, 1.54) is 11.8 Å². The standard InChI is InChI=1S/C26H37N3O3S/c1-4-24(20-10-12-23(13-11-20)33(3,31)32)26(30)28-22-14-16-29(17-15-22)19(2)18-25(27)21-8-6-5-7-9-21/h5-13,19,22,24-25H,4,14-18,27H2,1-3H3,(H,28,30). The number of nitrogens with one attached hydrogen (secondary N) is 1. The fraction of sp³-hybridized carbons (Fsp3) is 0.500. The van der Waals surface area contributed by atoms with Crippen molar-refractivity contribution in [1.82, 2.24) is 10.2 Å². The maximum absolute atomic E-state index is 13.0. The molecule has 0 bridgehead atoms. The molecule has 1 aliphatic rings. The summed E-state index contributed by atoms with van der Waals surface area (Å²) in [6.07, 6.45) is 4.59. The highest BCUT2D eigenvalue weighted by molar-refractivity contribution is 7.90. The van der Waals surface area contributed by atoms with Crippen LogP contribution < -0.4 is 11.1 Å². The van der Waals surface area contributed by atoms with E-state index >= 15 is 0 Å². The molecular formula is C26H37N3O3S. The van der Waals surface area contributed by atoms with Crippen LogP contribution in [0.2, 0.25) is 0 Å². The van der Waals surface area contributed by atoms with E-state index in [1.54, 1.807) is 24.3 Å². The van der Waals surface area contributed by atoms with Gasteiger partial charge in [-0.25, -0.2) is 8.42 Å². The van der Waals surface area contributed by atoms with E-state index < -0.39 is 9.84 Å². The zero-order valence-corrected chi connectivity index (χ0v) is 20.7. The number of carbonyl (C=O) groups excluding carboxylic acids is 1. The Morgan fingerprint density at radius 3 is 2.21 bits per heavy atom. The van der Waals surface area contributed by atoms with Crippen LogP contribution in [0.25, 0.3) is 0 Å². The van der Waals surface area contributed by atoms with Gasteiger partial charge in [-0.1, -0.05) is 49.4 Å². The SMILES string of the molecule is CCC(C(=O)NC1CCN(C(C)CC(N)c2ccccc2)CC1)c1ccc(S(C)(=O)=O)cc1. The van der Waals surface area contributed by atoms with Crippen molar-refractivity contribution in [3.05, 3.63) is 65.7 Å². The molecule has 2 aromatic carbocycles. The topological polar surface area (TPSA) is 92.5 Å². The number of nitrogens with zero attached hydrogens (tertiary/aromatic N) is 1. The van der Waals surface area contributed by atoms with Crippen molar-refractivity contribution in [2.24, 2.45) is 5.73 Å². The zero-order valence-electron chi connectivity index (χ0n) is 19.9. The lowest BCUT2D eigenvalue weighted by molar-refractivity contribution is -0.123. The number of likely N-dealkylation sites (tertiary alicyclic amines) is 1. The monoisotopic (exact) mass is 471 g/mol. The third kappa shape index (κ3) is 6.88. The van der Waals surface area contributed by atoms with E-state index in [0.29, 0.717) is 12.5 Å². The van der Waals surface area contributed by atoms with Gasteiger partial charge in [0.25, 0.3) is 0 Å². The summed E-state index contributed by atoms with van der Waals surface area (Å²) in [5.74, 6) is -0.262. The Hall–Kier alpha value is -2.22. The smallest absolute Gasteiger partial charge is 0.227 e. The minimum atomic E-state index is -3.24. The molecule has 1 heterocycles. The van der Waals surface area contributed by atoms with Crippen LogP contribution in [-0.4, -0.2) is 50.7 Å². The minimum absolute atomic E-state index is 0.0159. The van der Waals surface area contributed by atoms with Crippen LogP contribution in [0.5, 0.6) is 0 Å². The van der Waals surface area contributed by atoms with Crippen LogP contribution in [-0.2, 0) is 14.6 Å². The molecule has 0 aromatic heterocycles. The van der Waals surface area contributed by atoms with Gasteiger partial charge in [0.2, 0.25) is 5.91 Å². The Bertz CT molecular complexity index is 1000. The van der Waals surface area contributed by atoms with Gasteiger partial charge in [-0.05, 0) is 55.9 Å². The first kappa shape index (κ1) is 25.4. The number of benzene rings is 2. The van der Waals surface area contributed by atoms with Crippen LogP contribution in [0.1, 0.15) is 62.6 Å². The highest BCUT2D eigenvalue weighted by atomic mass is 32.2. The molecule has 7 heteroatoms. The molecule has 3 N–H and O–H groups in total. The van der Waals surface area contributed by atoms with Crippen LogP contribution in [0, 0.1) is 0 Å². The van der Waals surface area contributed by atoms with Crippen LogP contribution in [0.15, 0.2) is 59.5 Å². The van der Waals surface area contributed by atoms with Crippen molar-refractivity contribution < 1.29 is 13.2 Å². The molecule has 2 aromatic rings. The van der Waals surface area contributed by atoms with E-state index in [2.05, 4.69) is 29.3 Å². The fourth-order valence-corrected chi connectivity index (χ4v) is 5.29. The van der Waals surface area contributed by atoms with Gasteiger partial charge in [-0.2, -0.15) is 0 Å².